The number of unbranched alkanes of at least 4 members (excludes halogenated alkanes) is 1. The Bertz CT molecular complexity index is 126. The van der Waals surface area contributed by atoms with Gasteiger partial charge < -0.3 is 11.1 Å². The standard InChI is InChI=1S/C9H20N2O/c1-3-8(2)11-7-5-4-6-9(10)12/h8,11H,3-7H2,1-2H3,(H2,10,12). The highest BCUT2D eigenvalue weighted by atomic mass is 16.1. The van der Waals surface area contributed by atoms with E-state index in [1.54, 1.807) is 0 Å². The Morgan fingerprint density at radius 2 is 2.17 bits per heavy atom. The van der Waals surface area contributed by atoms with Crippen LogP contribution in [-0.2, 0) is 4.79 Å². The van der Waals surface area contributed by atoms with Crippen LogP contribution in [0.1, 0.15) is 39.5 Å². The summed E-state index contributed by atoms with van der Waals surface area (Å²) in [5.74, 6) is -0.196. The third-order valence-corrected chi connectivity index (χ3v) is 1.96. The van der Waals surface area contributed by atoms with Crippen molar-refractivity contribution in [3.63, 3.8) is 0 Å². The van der Waals surface area contributed by atoms with Crippen LogP contribution in [0.15, 0.2) is 0 Å². The Morgan fingerprint density at radius 3 is 2.67 bits per heavy atom. The minimum Gasteiger partial charge on any atom is -0.370 e. The Kier molecular flexibility index (Phi) is 6.76. The van der Waals surface area contributed by atoms with Crippen LogP contribution >= 0.6 is 0 Å². The summed E-state index contributed by atoms with van der Waals surface area (Å²) in [6.07, 6.45) is 3.60. The zero-order chi connectivity index (χ0) is 9.40. The van der Waals surface area contributed by atoms with Crippen molar-refractivity contribution in [1.82, 2.24) is 5.32 Å². The van der Waals surface area contributed by atoms with Gasteiger partial charge in [0.05, 0.1) is 0 Å². The van der Waals surface area contributed by atoms with Crippen LogP contribution in [0.5, 0.6) is 0 Å². The van der Waals surface area contributed by atoms with Gasteiger partial charge in [-0.25, -0.2) is 0 Å². The van der Waals surface area contributed by atoms with E-state index in [1.807, 2.05) is 0 Å². The first-order chi connectivity index (χ1) is 5.66. The maximum absolute atomic E-state index is 10.4. The molecule has 72 valence electrons. The summed E-state index contributed by atoms with van der Waals surface area (Å²) in [6, 6.07) is 0.582. The van der Waals surface area contributed by atoms with Gasteiger partial charge in [0.1, 0.15) is 0 Å². The molecule has 0 aromatic rings. The molecule has 1 amide bonds. The fourth-order valence-corrected chi connectivity index (χ4v) is 0.917. The maximum atomic E-state index is 10.4. The summed E-state index contributed by atoms with van der Waals surface area (Å²) < 4.78 is 0. The molecule has 0 saturated carbocycles. The minimum absolute atomic E-state index is 0.196. The number of hydrogen-bond acceptors (Lipinski definition) is 2. The zero-order valence-corrected chi connectivity index (χ0v) is 8.10. The monoisotopic (exact) mass is 172 g/mol. The fourth-order valence-electron chi connectivity index (χ4n) is 0.917. The van der Waals surface area contributed by atoms with Gasteiger partial charge in [-0.05, 0) is 32.7 Å². The largest absolute Gasteiger partial charge is 0.370 e. The van der Waals surface area contributed by atoms with Crippen LogP contribution in [-0.4, -0.2) is 18.5 Å². The highest BCUT2D eigenvalue weighted by Crippen LogP contribution is 1.94. The lowest BCUT2D eigenvalue weighted by Crippen LogP contribution is -2.26. The number of hydrogen-bond donors (Lipinski definition) is 2. The number of carbonyl (C=O) groups is 1. The van der Waals surface area contributed by atoms with Crippen LogP contribution < -0.4 is 11.1 Å². The lowest BCUT2D eigenvalue weighted by Gasteiger charge is -2.09. The van der Waals surface area contributed by atoms with Gasteiger partial charge in [0.25, 0.3) is 0 Å². The molecular weight excluding hydrogens is 152 g/mol. The number of nitrogens with two attached hydrogens (primary N) is 1. The van der Waals surface area contributed by atoms with E-state index >= 15 is 0 Å². The predicted octanol–water partition coefficient (Wildman–Crippen LogP) is 1.03. The zero-order valence-electron chi connectivity index (χ0n) is 8.10. The Hall–Kier alpha value is -0.570. The lowest BCUT2D eigenvalue weighted by atomic mass is 10.2. The van der Waals surface area contributed by atoms with Gasteiger partial charge in [-0.1, -0.05) is 6.92 Å². The van der Waals surface area contributed by atoms with Crippen molar-refractivity contribution < 1.29 is 4.79 Å². The van der Waals surface area contributed by atoms with Crippen molar-refractivity contribution in [2.45, 2.75) is 45.6 Å². The van der Waals surface area contributed by atoms with E-state index in [-0.39, 0.29) is 5.91 Å². The Morgan fingerprint density at radius 1 is 1.50 bits per heavy atom. The summed E-state index contributed by atoms with van der Waals surface area (Å²) in [7, 11) is 0. The first kappa shape index (κ1) is 11.4. The third-order valence-electron chi connectivity index (χ3n) is 1.96. The van der Waals surface area contributed by atoms with Crippen LogP contribution in [0.3, 0.4) is 0 Å². The second kappa shape index (κ2) is 7.10. The molecule has 0 aromatic heterocycles. The van der Waals surface area contributed by atoms with Crippen LogP contribution in [0, 0.1) is 0 Å². The average Bonchev–Trinajstić information content (AvgIpc) is 2.03. The van der Waals surface area contributed by atoms with Gasteiger partial charge >= 0.3 is 0 Å². The molecule has 0 bridgehead atoms. The molecule has 0 radical (unpaired) electrons. The second-order valence-electron chi connectivity index (χ2n) is 3.19. The van der Waals surface area contributed by atoms with Gasteiger partial charge in [0, 0.05) is 12.5 Å². The number of rotatable bonds is 7. The molecule has 0 aliphatic heterocycles. The number of amides is 1. The molecule has 12 heavy (non-hydrogen) atoms. The SMILES string of the molecule is CCC(C)NCCCCC(N)=O. The summed E-state index contributed by atoms with van der Waals surface area (Å²) >= 11 is 0. The van der Waals surface area contributed by atoms with E-state index in [0.717, 1.165) is 25.8 Å². The van der Waals surface area contributed by atoms with Crippen molar-refractivity contribution in [2.75, 3.05) is 6.54 Å². The molecule has 0 spiro atoms. The van der Waals surface area contributed by atoms with Gasteiger partial charge in [-0.3, -0.25) is 4.79 Å². The Labute approximate surface area is 74.7 Å². The van der Waals surface area contributed by atoms with Gasteiger partial charge in [-0.2, -0.15) is 0 Å². The van der Waals surface area contributed by atoms with Crippen molar-refractivity contribution in [3.8, 4) is 0 Å². The average molecular weight is 172 g/mol. The summed E-state index contributed by atoms with van der Waals surface area (Å²) in [4.78, 5) is 10.4. The van der Waals surface area contributed by atoms with E-state index < -0.39 is 0 Å². The number of nitrogens with one attached hydrogen (secondary N) is 1. The van der Waals surface area contributed by atoms with Crippen molar-refractivity contribution in [2.24, 2.45) is 5.73 Å². The third kappa shape index (κ3) is 7.54. The normalized spacial score (nSPS) is 12.8. The van der Waals surface area contributed by atoms with E-state index in [9.17, 15) is 4.79 Å². The van der Waals surface area contributed by atoms with E-state index in [2.05, 4.69) is 19.2 Å². The first-order valence-corrected chi connectivity index (χ1v) is 4.68. The number of carbonyl (C=O) groups excluding carboxylic acids is 1. The van der Waals surface area contributed by atoms with Gasteiger partial charge in [0.2, 0.25) is 5.91 Å². The second-order valence-corrected chi connectivity index (χ2v) is 3.19. The fraction of sp³-hybridized carbons (Fsp3) is 0.889. The molecule has 0 heterocycles. The number of primary amides is 1. The minimum atomic E-state index is -0.196. The maximum Gasteiger partial charge on any atom is 0.217 e. The molecule has 3 heteroatoms. The quantitative estimate of drug-likeness (QED) is 0.563. The predicted molar refractivity (Wildman–Crippen MR) is 50.8 cm³/mol. The smallest absolute Gasteiger partial charge is 0.217 e. The van der Waals surface area contributed by atoms with E-state index in [0.29, 0.717) is 12.5 Å². The van der Waals surface area contributed by atoms with Crippen LogP contribution in [0.25, 0.3) is 0 Å². The highest BCUT2D eigenvalue weighted by Gasteiger charge is 1.97. The highest BCUT2D eigenvalue weighted by molar-refractivity contribution is 5.73. The molecule has 0 aliphatic rings. The van der Waals surface area contributed by atoms with Gasteiger partial charge in [-0.15, -0.1) is 0 Å². The molecule has 1 atom stereocenters. The van der Waals surface area contributed by atoms with E-state index in [1.165, 1.54) is 0 Å². The molecule has 3 N–H and O–H groups in total. The van der Waals surface area contributed by atoms with Crippen LogP contribution in [0.2, 0.25) is 0 Å². The molecule has 1 unspecified atom stereocenters. The molecule has 0 rings (SSSR count). The molecule has 0 aromatic carbocycles. The summed E-state index contributed by atoms with van der Waals surface area (Å²) in [5, 5.41) is 3.35. The molecule has 0 saturated heterocycles. The van der Waals surface area contributed by atoms with E-state index in [4.69, 9.17) is 5.73 Å². The van der Waals surface area contributed by atoms with Gasteiger partial charge in [0.15, 0.2) is 0 Å². The lowest BCUT2D eigenvalue weighted by molar-refractivity contribution is -0.118. The van der Waals surface area contributed by atoms with Crippen molar-refractivity contribution >= 4 is 5.91 Å². The van der Waals surface area contributed by atoms with Crippen molar-refractivity contribution in [3.05, 3.63) is 0 Å². The molecule has 0 aliphatic carbocycles. The molecular formula is C9H20N2O. The molecule has 0 fully saturated rings. The van der Waals surface area contributed by atoms with Crippen LogP contribution in [0.4, 0.5) is 0 Å². The summed E-state index contributed by atoms with van der Waals surface area (Å²) in [6.45, 7) is 5.30. The first-order valence-electron chi connectivity index (χ1n) is 4.68. The Balaban J connectivity index is 3.05. The topological polar surface area (TPSA) is 55.1 Å². The molecule has 3 nitrogen and oxygen atoms in total. The summed E-state index contributed by atoms with van der Waals surface area (Å²) in [5.41, 5.74) is 5.00. The van der Waals surface area contributed by atoms with Crippen molar-refractivity contribution in [1.29, 1.82) is 0 Å².